The number of ether oxygens (including phenoxy) is 2. The first-order valence-corrected chi connectivity index (χ1v) is 9.78. The van der Waals surface area contributed by atoms with E-state index in [1.54, 1.807) is 10.6 Å². The predicted octanol–water partition coefficient (Wildman–Crippen LogP) is 3.41. The summed E-state index contributed by atoms with van der Waals surface area (Å²) in [5, 5.41) is 0. The van der Waals surface area contributed by atoms with Gasteiger partial charge in [0, 0.05) is 24.7 Å². The lowest BCUT2D eigenvalue weighted by Gasteiger charge is -2.32. The second-order valence-corrected chi connectivity index (χ2v) is 7.43. The van der Waals surface area contributed by atoms with Crippen molar-refractivity contribution < 1.29 is 27.8 Å². The molecule has 0 radical (unpaired) electrons. The van der Waals surface area contributed by atoms with Crippen LogP contribution in [0.25, 0.3) is 16.9 Å². The largest absolute Gasteiger partial charge is 0.453 e. The molecule has 4 rings (SSSR count). The lowest BCUT2D eigenvalue weighted by molar-refractivity contribution is -0.0241. The van der Waals surface area contributed by atoms with Gasteiger partial charge in [0.25, 0.3) is 0 Å². The summed E-state index contributed by atoms with van der Waals surface area (Å²) >= 11 is 0. The molecule has 0 spiro atoms. The number of aldehydes is 1. The van der Waals surface area contributed by atoms with Gasteiger partial charge >= 0.3 is 6.09 Å². The molecule has 0 aliphatic carbocycles. The number of hydrogen-bond donors (Lipinski definition) is 0. The number of aryl methyl sites for hydroxylation is 1. The van der Waals surface area contributed by atoms with E-state index < -0.39 is 23.8 Å². The van der Waals surface area contributed by atoms with Gasteiger partial charge in [0.2, 0.25) is 0 Å². The maximum absolute atomic E-state index is 14.8. The second kappa shape index (κ2) is 8.43. The number of fused-ring (bicyclic) bond motifs is 1. The normalized spacial score (nSPS) is 16.5. The lowest BCUT2D eigenvalue weighted by atomic mass is 10.0. The van der Waals surface area contributed by atoms with Crippen LogP contribution in [0.2, 0.25) is 0 Å². The van der Waals surface area contributed by atoms with Crippen molar-refractivity contribution in [3.05, 3.63) is 58.9 Å². The van der Waals surface area contributed by atoms with Crippen LogP contribution in [0.4, 0.5) is 13.6 Å². The van der Waals surface area contributed by atoms with Crippen LogP contribution < -0.4 is 0 Å². The Morgan fingerprint density at radius 3 is 2.74 bits per heavy atom. The molecule has 1 amide bonds. The van der Waals surface area contributed by atoms with Gasteiger partial charge in [-0.3, -0.25) is 4.79 Å². The maximum atomic E-state index is 14.8. The van der Waals surface area contributed by atoms with E-state index in [2.05, 4.69) is 4.98 Å². The third-order valence-electron chi connectivity index (χ3n) is 5.31. The van der Waals surface area contributed by atoms with Crippen LogP contribution in [0.1, 0.15) is 21.6 Å². The summed E-state index contributed by atoms with van der Waals surface area (Å²) in [5.74, 6) is -1.74. The van der Waals surface area contributed by atoms with Crippen molar-refractivity contribution in [3.63, 3.8) is 0 Å². The van der Waals surface area contributed by atoms with Gasteiger partial charge in [-0.05, 0) is 36.8 Å². The Kier molecular flexibility index (Phi) is 5.69. The molecule has 9 heteroatoms. The van der Waals surface area contributed by atoms with Crippen molar-refractivity contribution >= 4 is 18.0 Å². The molecule has 3 heterocycles. The molecular formula is C22H21F2N3O4. The highest BCUT2D eigenvalue weighted by Gasteiger charge is 2.29. The molecule has 1 aliphatic heterocycles. The fourth-order valence-electron chi connectivity index (χ4n) is 3.83. The topological polar surface area (TPSA) is 73.1 Å². The molecule has 1 atom stereocenters. The van der Waals surface area contributed by atoms with Crippen molar-refractivity contribution in [2.45, 2.75) is 19.4 Å². The number of nitrogens with zero attached hydrogens (tertiary/aromatic N) is 3. The van der Waals surface area contributed by atoms with Crippen LogP contribution in [0.15, 0.2) is 30.5 Å². The maximum Gasteiger partial charge on any atom is 0.409 e. The molecule has 3 aromatic rings. The average molecular weight is 429 g/mol. The van der Waals surface area contributed by atoms with Crippen LogP contribution in [0, 0.1) is 18.6 Å². The zero-order valence-electron chi connectivity index (χ0n) is 17.1. The molecule has 0 unspecified atom stereocenters. The number of benzene rings is 1. The highest BCUT2D eigenvalue weighted by Crippen LogP contribution is 2.32. The molecule has 1 aliphatic rings. The molecule has 1 aromatic carbocycles. The molecule has 1 saturated heterocycles. The van der Waals surface area contributed by atoms with Gasteiger partial charge in [-0.15, -0.1) is 0 Å². The monoisotopic (exact) mass is 429 g/mol. The smallest absolute Gasteiger partial charge is 0.409 e. The van der Waals surface area contributed by atoms with E-state index in [4.69, 9.17) is 9.47 Å². The number of hydrogen-bond acceptors (Lipinski definition) is 5. The molecule has 1 fully saturated rings. The van der Waals surface area contributed by atoms with Crippen molar-refractivity contribution in [3.8, 4) is 11.3 Å². The Hall–Kier alpha value is -3.33. The molecule has 0 bridgehead atoms. The van der Waals surface area contributed by atoms with E-state index in [-0.39, 0.29) is 29.8 Å². The molecule has 31 heavy (non-hydrogen) atoms. The van der Waals surface area contributed by atoms with Crippen LogP contribution in [0.3, 0.4) is 0 Å². The average Bonchev–Trinajstić information content (AvgIpc) is 3.09. The summed E-state index contributed by atoms with van der Waals surface area (Å²) in [6.45, 7) is 2.90. The summed E-state index contributed by atoms with van der Waals surface area (Å²) in [7, 11) is 1.31. The number of morpholine rings is 1. The highest BCUT2D eigenvalue weighted by molar-refractivity contribution is 5.78. The lowest BCUT2D eigenvalue weighted by Crippen LogP contribution is -2.46. The minimum atomic E-state index is -0.871. The summed E-state index contributed by atoms with van der Waals surface area (Å²) in [5.41, 5.74) is 1.76. The highest BCUT2D eigenvalue weighted by atomic mass is 19.1. The third kappa shape index (κ3) is 4.00. The van der Waals surface area contributed by atoms with Gasteiger partial charge in [-0.2, -0.15) is 0 Å². The summed E-state index contributed by atoms with van der Waals surface area (Å²) < 4.78 is 42.0. The fourth-order valence-corrected chi connectivity index (χ4v) is 3.83. The quantitative estimate of drug-likeness (QED) is 0.595. The molecule has 0 saturated carbocycles. The number of imidazole rings is 1. The Morgan fingerprint density at radius 2 is 2.06 bits per heavy atom. The zero-order valence-corrected chi connectivity index (χ0v) is 17.1. The standard InChI is InChI=1S/C22H21F2N3O4/c1-13-3-4-27-18(10-15-11-26(5-6-31-15)22(29)30-2)21(25-19(27)7-13)20-16(23)8-14(12-28)9-17(20)24/h3-4,7-9,12,15H,5-6,10-11H2,1-2H3/t15-/m0/s1. The SMILES string of the molecule is COC(=O)N1CCO[C@@H](Cc2c(-c3c(F)cc(C=O)cc3F)nc3cc(C)ccn23)C1. The molecule has 162 valence electrons. The van der Waals surface area contributed by atoms with Gasteiger partial charge in [0.05, 0.1) is 43.3 Å². The van der Waals surface area contributed by atoms with E-state index in [0.29, 0.717) is 30.8 Å². The Balaban J connectivity index is 1.80. The van der Waals surface area contributed by atoms with Crippen molar-refractivity contribution in [1.82, 2.24) is 14.3 Å². The van der Waals surface area contributed by atoms with Gasteiger partial charge in [-0.25, -0.2) is 18.6 Å². The molecular weight excluding hydrogens is 408 g/mol. The van der Waals surface area contributed by atoms with Gasteiger partial charge < -0.3 is 18.8 Å². The van der Waals surface area contributed by atoms with Crippen molar-refractivity contribution in [1.29, 1.82) is 0 Å². The molecule has 7 nitrogen and oxygen atoms in total. The van der Waals surface area contributed by atoms with Crippen molar-refractivity contribution in [2.24, 2.45) is 0 Å². The Labute approximate surface area is 177 Å². The van der Waals surface area contributed by atoms with E-state index >= 15 is 0 Å². The summed E-state index contributed by atoms with van der Waals surface area (Å²) in [6, 6.07) is 5.65. The summed E-state index contributed by atoms with van der Waals surface area (Å²) in [4.78, 5) is 28.9. The van der Waals surface area contributed by atoms with Crippen LogP contribution in [0.5, 0.6) is 0 Å². The third-order valence-corrected chi connectivity index (χ3v) is 5.31. The number of carbonyl (C=O) groups is 2. The summed E-state index contributed by atoms with van der Waals surface area (Å²) in [6.07, 6.45) is 1.58. The van der Waals surface area contributed by atoms with Crippen LogP contribution in [-0.2, 0) is 15.9 Å². The first-order valence-electron chi connectivity index (χ1n) is 9.78. The molecule has 0 N–H and O–H groups in total. The number of rotatable bonds is 4. The predicted molar refractivity (Wildman–Crippen MR) is 108 cm³/mol. The molecule has 2 aromatic heterocycles. The first kappa shape index (κ1) is 20.9. The second-order valence-electron chi connectivity index (χ2n) is 7.43. The Morgan fingerprint density at radius 1 is 1.32 bits per heavy atom. The minimum absolute atomic E-state index is 0.0933. The van der Waals surface area contributed by atoms with E-state index in [1.807, 2.05) is 19.1 Å². The van der Waals surface area contributed by atoms with E-state index in [9.17, 15) is 18.4 Å². The van der Waals surface area contributed by atoms with E-state index in [1.165, 1.54) is 12.0 Å². The minimum Gasteiger partial charge on any atom is -0.453 e. The van der Waals surface area contributed by atoms with Gasteiger partial charge in [-0.1, -0.05) is 0 Å². The number of aromatic nitrogens is 2. The number of methoxy groups -OCH3 is 1. The number of amides is 1. The van der Waals surface area contributed by atoms with Gasteiger partial charge in [0.15, 0.2) is 0 Å². The fraction of sp³-hybridized carbons (Fsp3) is 0.318. The van der Waals surface area contributed by atoms with Gasteiger partial charge in [0.1, 0.15) is 23.6 Å². The Bertz CT molecular complexity index is 1140. The first-order chi connectivity index (χ1) is 14.9. The number of pyridine rings is 1. The van der Waals surface area contributed by atoms with E-state index in [0.717, 1.165) is 17.7 Å². The zero-order chi connectivity index (χ0) is 22.1. The van der Waals surface area contributed by atoms with Crippen LogP contribution in [-0.4, -0.2) is 59.6 Å². The number of halogens is 2. The van der Waals surface area contributed by atoms with Crippen molar-refractivity contribution in [2.75, 3.05) is 26.8 Å². The number of carbonyl (C=O) groups excluding carboxylic acids is 2. The van der Waals surface area contributed by atoms with Crippen LogP contribution >= 0.6 is 0 Å².